The number of benzene rings is 1. The Hall–Kier alpha value is -3.20. The third-order valence-corrected chi connectivity index (χ3v) is 5.46. The van der Waals surface area contributed by atoms with Gasteiger partial charge in [0.1, 0.15) is 5.00 Å². The van der Waals surface area contributed by atoms with Gasteiger partial charge in [0.2, 0.25) is 5.91 Å². The van der Waals surface area contributed by atoms with Gasteiger partial charge in [0, 0.05) is 18.7 Å². The predicted octanol–water partition coefficient (Wildman–Crippen LogP) is 2.08. The largest absolute Gasteiger partial charge is 0.452 e. The average molecular weight is 415 g/mol. The number of hydrogen-bond donors (Lipinski definition) is 2. The van der Waals surface area contributed by atoms with Crippen LogP contribution < -0.4 is 16.0 Å². The molecule has 3 N–H and O–H groups in total. The summed E-state index contributed by atoms with van der Waals surface area (Å²) >= 11 is 1.14. The number of thiophene rings is 1. The van der Waals surface area contributed by atoms with Crippen molar-refractivity contribution >= 4 is 45.7 Å². The van der Waals surface area contributed by atoms with Gasteiger partial charge in [-0.1, -0.05) is 17.7 Å². The molecule has 2 atom stereocenters. The Labute approximate surface area is 171 Å². The number of carbonyl (C=O) groups is 4. The molecule has 1 aromatic carbocycles. The number of ether oxygens (including phenoxy) is 1. The van der Waals surface area contributed by atoms with Gasteiger partial charge in [-0.2, -0.15) is 0 Å². The van der Waals surface area contributed by atoms with Crippen LogP contribution >= 0.6 is 11.3 Å². The number of esters is 1. The highest BCUT2D eigenvalue weighted by molar-refractivity contribution is 7.14. The minimum atomic E-state index is -1.09. The van der Waals surface area contributed by atoms with Crippen molar-refractivity contribution in [3.63, 3.8) is 0 Å². The summed E-state index contributed by atoms with van der Waals surface area (Å²) < 4.78 is 5.26. The zero-order valence-electron chi connectivity index (χ0n) is 16.0. The fourth-order valence-corrected chi connectivity index (χ4v) is 3.77. The van der Waals surface area contributed by atoms with Crippen LogP contribution in [0, 0.1) is 12.8 Å². The zero-order valence-corrected chi connectivity index (χ0v) is 16.8. The number of nitrogens with one attached hydrogen (secondary N) is 1. The number of carbonyl (C=O) groups excluding carboxylic acids is 4. The van der Waals surface area contributed by atoms with E-state index in [1.807, 2.05) is 31.2 Å². The molecule has 0 spiro atoms. The van der Waals surface area contributed by atoms with Crippen LogP contribution in [0.1, 0.15) is 29.3 Å². The number of rotatable bonds is 6. The summed E-state index contributed by atoms with van der Waals surface area (Å²) in [5.41, 5.74) is 7.23. The Kier molecular flexibility index (Phi) is 5.97. The van der Waals surface area contributed by atoms with Crippen molar-refractivity contribution in [2.75, 3.05) is 16.8 Å². The van der Waals surface area contributed by atoms with Gasteiger partial charge in [0.05, 0.1) is 11.5 Å². The van der Waals surface area contributed by atoms with Crippen LogP contribution in [0.5, 0.6) is 0 Å². The fourth-order valence-electron chi connectivity index (χ4n) is 2.98. The smallest absolute Gasteiger partial charge is 0.312 e. The molecule has 29 heavy (non-hydrogen) atoms. The van der Waals surface area contributed by atoms with Gasteiger partial charge >= 0.3 is 5.97 Å². The molecule has 0 unspecified atom stereocenters. The SMILES string of the molecule is Cc1ccc(N2C[C@H](C(=O)O[C@@H](C)C(=O)Nc3sccc3C(N)=O)CC2=O)cc1. The van der Waals surface area contributed by atoms with E-state index in [1.165, 1.54) is 13.0 Å². The maximum absolute atomic E-state index is 12.5. The Morgan fingerprint density at radius 3 is 2.59 bits per heavy atom. The molecule has 2 heterocycles. The predicted molar refractivity (Wildman–Crippen MR) is 109 cm³/mol. The van der Waals surface area contributed by atoms with Gasteiger partial charge in [-0.05, 0) is 37.4 Å². The van der Waals surface area contributed by atoms with E-state index >= 15 is 0 Å². The lowest BCUT2D eigenvalue weighted by molar-refractivity contribution is -0.157. The molecule has 1 saturated heterocycles. The van der Waals surface area contributed by atoms with E-state index in [2.05, 4.69) is 5.32 Å². The molecule has 1 aliphatic rings. The van der Waals surface area contributed by atoms with E-state index in [1.54, 1.807) is 10.3 Å². The van der Waals surface area contributed by atoms with Crippen molar-refractivity contribution in [2.45, 2.75) is 26.4 Å². The van der Waals surface area contributed by atoms with Crippen LogP contribution in [0.25, 0.3) is 0 Å². The van der Waals surface area contributed by atoms with Gasteiger partial charge < -0.3 is 20.7 Å². The molecule has 152 valence electrons. The molecule has 0 saturated carbocycles. The molecule has 8 nitrogen and oxygen atoms in total. The van der Waals surface area contributed by atoms with E-state index in [0.29, 0.717) is 5.00 Å². The van der Waals surface area contributed by atoms with Crippen molar-refractivity contribution in [1.82, 2.24) is 0 Å². The van der Waals surface area contributed by atoms with Gasteiger partial charge in [-0.3, -0.25) is 19.2 Å². The van der Waals surface area contributed by atoms with E-state index in [9.17, 15) is 19.2 Å². The first-order chi connectivity index (χ1) is 13.8. The summed E-state index contributed by atoms with van der Waals surface area (Å²) in [6.45, 7) is 3.58. The van der Waals surface area contributed by atoms with E-state index in [-0.39, 0.29) is 24.4 Å². The monoisotopic (exact) mass is 415 g/mol. The fraction of sp³-hybridized carbons (Fsp3) is 0.300. The summed E-state index contributed by atoms with van der Waals surface area (Å²) in [5.74, 6) is -2.67. The highest BCUT2D eigenvalue weighted by Gasteiger charge is 2.37. The summed E-state index contributed by atoms with van der Waals surface area (Å²) in [4.78, 5) is 50.0. The minimum Gasteiger partial charge on any atom is -0.452 e. The number of anilines is 2. The lowest BCUT2D eigenvalue weighted by Gasteiger charge is -2.18. The third kappa shape index (κ3) is 4.62. The van der Waals surface area contributed by atoms with Gasteiger partial charge in [-0.15, -0.1) is 11.3 Å². The first kappa shape index (κ1) is 20.5. The second-order valence-corrected chi connectivity index (χ2v) is 7.75. The molecule has 2 aromatic rings. The summed E-state index contributed by atoms with van der Waals surface area (Å²) in [6.07, 6.45) is -1.06. The standard InChI is InChI=1S/C20H21N3O5S/c1-11-3-5-14(6-4-11)23-10-13(9-16(23)24)20(27)28-12(2)18(26)22-19-15(17(21)25)7-8-29-19/h3-8,12-13H,9-10H2,1-2H3,(H2,21,25)(H,22,26)/t12-,13+/m0/s1. The number of aryl methyl sites for hydroxylation is 1. The molecule has 1 aromatic heterocycles. The van der Waals surface area contributed by atoms with Gasteiger partial charge in [0.15, 0.2) is 6.10 Å². The molecule has 0 aliphatic carbocycles. The Morgan fingerprint density at radius 2 is 1.93 bits per heavy atom. The molecule has 9 heteroatoms. The highest BCUT2D eigenvalue weighted by Crippen LogP contribution is 2.27. The molecule has 3 rings (SSSR count). The number of nitrogens with zero attached hydrogens (tertiary/aromatic N) is 1. The quantitative estimate of drug-likeness (QED) is 0.700. The Balaban J connectivity index is 1.58. The van der Waals surface area contributed by atoms with Gasteiger partial charge in [-0.25, -0.2) is 0 Å². The minimum absolute atomic E-state index is 0.0256. The van der Waals surface area contributed by atoms with E-state index < -0.39 is 29.8 Å². The van der Waals surface area contributed by atoms with Crippen LogP contribution in [0.15, 0.2) is 35.7 Å². The Bertz CT molecular complexity index is 953. The van der Waals surface area contributed by atoms with Crippen LogP contribution in [0.4, 0.5) is 10.7 Å². The van der Waals surface area contributed by atoms with Crippen molar-refractivity contribution in [2.24, 2.45) is 11.7 Å². The lowest BCUT2D eigenvalue weighted by Crippen LogP contribution is -2.33. The molecule has 3 amide bonds. The normalized spacial score (nSPS) is 17.1. The van der Waals surface area contributed by atoms with Crippen LogP contribution in [-0.2, 0) is 19.1 Å². The van der Waals surface area contributed by atoms with Crippen LogP contribution in [0.2, 0.25) is 0 Å². The Morgan fingerprint density at radius 1 is 1.24 bits per heavy atom. The number of nitrogens with two attached hydrogens (primary N) is 1. The van der Waals surface area contributed by atoms with Crippen molar-refractivity contribution in [3.05, 3.63) is 46.8 Å². The maximum atomic E-state index is 12.5. The maximum Gasteiger partial charge on any atom is 0.312 e. The van der Waals surface area contributed by atoms with Gasteiger partial charge in [0.25, 0.3) is 11.8 Å². The van der Waals surface area contributed by atoms with Crippen molar-refractivity contribution in [1.29, 1.82) is 0 Å². The van der Waals surface area contributed by atoms with Crippen LogP contribution in [0.3, 0.4) is 0 Å². The summed E-state index contributed by atoms with van der Waals surface area (Å²) in [7, 11) is 0. The number of hydrogen-bond acceptors (Lipinski definition) is 6. The average Bonchev–Trinajstić information content (AvgIpc) is 3.29. The second-order valence-electron chi connectivity index (χ2n) is 6.84. The molecule has 1 aliphatic heterocycles. The summed E-state index contributed by atoms with van der Waals surface area (Å²) in [6, 6.07) is 8.95. The molecule has 0 radical (unpaired) electrons. The lowest BCUT2D eigenvalue weighted by atomic mass is 10.1. The topological polar surface area (TPSA) is 119 Å². The molecule has 1 fully saturated rings. The first-order valence-corrected chi connectivity index (χ1v) is 9.90. The first-order valence-electron chi connectivity index (χ1n) is 9.02. The highest BCUT2D eigenvalue weighted by atomic mass is 32.1. The van der Waals surface area contributed by atoms with Crippen LogP contribution in [-0.4, -0.2) is 36.3 Å². The van der Waals surface area contributed by atoms with Crippen molar-refractivity contribution in [3.8, 4) is 0 Å². The number of amides is 3. The molecular weight excluding hydrogens is 394 g/mol. The van der Waals surface area contributed by atoms with Crippen molar-refractivity contribution < 1.29 is 23.9 Å². The third-order valence-electron chi connectivity index (χ3n) is 4.63. The second kappa shape index (κ2) is 8.44. The number of primary amides is 1. The zero-order chi connectivity index (χ0) is 21.1. The molecular formula is C20H21N3O5S. The van der Waals surface area contributed by atoms with E-state index in [0.717, 1.165) is 22.6 Å². The molecule has 0 bridgehead atoms. The van der Waals surface area contributed by atoms with E-state index in [4.69, 9.17) is 10.5 Å². The summed E-state index contributed by atoms with van der Waals surface area (Å²) in [5, 5.41) is 4.46.